The van der Waals surface area contributed by atoms with Gasteiger partial charge < -0.3 is 10.1 Å². The van der Waals surface area contributed by atoms with Crippen molar-refractivity contribution in [3.05, 3.63) is 81.5 Å². The second kappa shape index (κ2) is 9.78. The van der Waals surface area contributed by atoms with Gasteiger partial charge in [-0.25, -0.2) is 13.2 Å². The molecule has 1 aromatic heterocycles. The molecule has 4 rings (SSSR count). The Morgan fingerprint density at radius 1 is 1.09 bits per heavy atom. The lowest BCUT2D eigenvalue weighted by atomic mass is 10.1. The van der Waals surface area contributed by atoms with E-state index in [1.807, 2.05) is 0 Å². The smallest absolute Gasteiger partial charge is 0.340 e. The van der Waals surface area contributed by atoms with Crippen LogP contribution in [0.5, 0.6) is 0 Å². The fourth-order valence-electron chi connectivity index (χ4n) is 3.64. The molecule has 1 aliphatic rings. The van der Waals surface area contributed by atoms with Crippen LogP contribution < -0.4 is 9.62 Å². The maximum atomic E-state index is 12.7. The Morgan fingerprint density at radius 3 is 2.62 bits per heavy atom. The van der Waals surface area contributed by atoms with Gasteiger partial charge in [0.2, 0.25) is 10.0 Å². The standard InChI is InChI=1S/C24H22N2O6S2/c1-2-34(30,31)26-11-9-16-13-17(7-8-21(16)26)22(27)14-32-24(29)19-5-3-4-6-20(19)25-23(28)18-10-12-33-15-18/h3-8,10,12-13,15H,2,9,11,14H2,1H3,(H,25,28). The third-order valence-corrected chi connectivity index (χ3v) is 7.93. The zero-order valence-corrected chi connectivity index (χ0v) is 19.9. The molecule has 2 heterocycles. The number of rotatable bonds is 8. The molecule has 1 amide bonds. The summed E-state index contributed by atoms with van der Waals surface area (Å²) >= 11 is 1.39. The number of hydrogen-bond acceptors (Lipinski definition) is 7. The van der Waals surface area contributed by atoms with Crippen LogP contribution in [0.1, 0.15) is 43.6 Å². The van der Waals surface area contributed by atoms with E-state index in [9.17, 15) is 22.8 Å². The van der Waals surface area contributed by atoms with Crippen molar-refractivity contribution in [2.75, 3.05) is 28.5 Å². The maximum absolute atomic E-state index is 12.7. The zero-order valence-electron chi connectivity index (χ0n) is 18.3. The number of anilines is 2. The van der Waals surface area contributed by atoms with Gasteiger partial charge in [-0.05, 0) is 60.7 Å². The van der Waals surface area contributed by atoms with Crippen molar-refractivity contribution in [1.82, 2.24) is 0 Å². The summed E-state index contributed by atoms with van der Waals surface area (Å²) in [6, 6.07) is 12.9. The van der Waals surface area contributed by atoms with Crippen molar-refractivity contribution in [1.29, 1.82) is 0 Å². The van der Waals surface area contributed by atoms with Crippen LogP contribution >= 0.6 is 11.3 Å². The highest BCUT2D eigenvalue weighted by molar-refractivity contribution is 7.92. The largest absolute Gasteiger partial charge is 0.454 e. The minimum atomic E-state index is -3.37. The van der Waals surface area contributed by atoms with E-state index in [0.717, 1.165) is 5.56 Å². The highest BCUT2D eigenvalue weighted by Crippen LogP contribution is 2.31. The Hall–Kier alpha value is -3.50. The number of nitrogens with one attached hydrogen (secondary N) is 1. The molecule has 10 heteroatoms. The molecular weight excluding hydrogens is 476 g/mol. The minimum Gasteiger partial charge on any atom is -0.454 e. The summed E-state index contributed by atoms with van der Waals surface area (Å²) in [5, 5.41) is 6.17. The van der Waals surface area contributed by atoms with Gasteiger partial charge in [0.1, 0.15) is 0 Å². The quantitative estimate of drug-likeness (QED) is 0.374. The number of fused-ring (bicyclic) bond motifs is 1. The average molecular weight is 499 g/mol. The van der Waals surface area contributed by atoms with Crippen LogP contribution in [0.25, 0.3) is 0 Å². The van der Waals surface area contributed by atoms with Crippen molar-refractivity contribution in [3.63, 3.8) is 0 Å². The van der Waals surface area contributed by atoms with Gasteiger partial charge in [-0.15, -0.1) is 0 Å². The first kappa shape index (κ1) is 23.7. The van der Waals surface area contributed by atoms with Crippen molar-refractivity contribution in [3.8, 4) is 0 Å². The molecule has 2 aromatic carbocycles. The van der Waals surface area contributed by atoms with Crippen LogP contribution in [0.2, 0.25) is 0 Å². The second-order valence-electron chi connectivity index (χ2n) is 7.58. The second-order valence-corrected chi connectivity index (χ2v) is 10.5. The van der Waals surface area contributed by atoms with Crippen molar-refractivity contribution in [2.24, 2.45) is 0 Å². The van der Waals surface area contributed by atoms with E-state index in [0.29, 0.717) is 29.8 Å². The Balaban J connectivity index is 1.42. The van der Waals surface area contributed by atoms with Crippen LogP contribution in [0, 0.1) is 0 Å². The number of esters is 1. The molecule has 1 aliphatic heterocycles. The molecule has 34 heavy (non-hydrogen) atoms. The number of nitrogens with zero attached hydrogens (tertiary/aromatic N) is 1. The third-order valence-electron chi connectivity index (χ3n) is 5.47. The molecule has 0 radical (unpaired) electrons. The first-order chi connectivity index (χ1) is 16.3. The number of carbonyl (C=O) groups excluding carboxylic acids is 3. The number of ether oxygens (including phenoxy) is 1. The predicted molar refractivity (Wildman–Crippen MR) is 130 cm³/mol. The van der Waals surface area contributed by atoms with Gasteiger partial charge in [0.15, 0.2) is 12.4 Å². The molecule has 0 bridgehead atoms. The van der Waals surface area contributed by atoms with Gasteiger partial charge in [0.25, 0.3) is 5.91 Å². The third kappa shape index (κ3) is 4.87. The van der Waals surface area contributed by atoms with E-state index in [1.54, 1.807) is 54.1 Å². The molecule has 176 valence electrons. The fourth-order valence-corrected chi connectivity index (χ4v) is 5.44. The molecule has 1 N–H and O–H groups in total. The van der Waals surface area contributed by atoms with E-state index in [4.69, 9.17) is 4.74 Å². The van der Waals surface area contributed by atoms with Crippen LogP contribution in [-0.2, 0) is 21.2 Å². The highest BCUT2D eigenvalue weighted by Gasteiger charge is 2.28. The summed E-state index contributed by atoms with van der Waals surface area (Å²) < 4.78 is 31.0. The lowest BCUT2D eigenvalue weighted by molar-refractivity contribution is 0.0475. The first-order valence-electron chi connectivity index (χ1n) is 10.6. The Bertz CT molecular complexity index is 1350. The topological polar surface area (TPSA) is 110 Å². The Kier molecular flexibility index (Phi) is 6.80. The Labute approximate surface area is 201 Å². The predicted octanol–water partition coefficient (Wildman–Crippen LogP) is 3.75. The average Bonchev–Trinajstić information content (AvgIpc) is 3.53. The zero-order chi connectivity index (χ0) is 24.3. The summed E-state index contributed by atoms with van der Waals surface area (Å²) in [4.78, 5) is 37.6. The van der Waals surface area contributed by atoms with Crippen LogP contribution in [0.4, 0.5) is 11.4 Å². The summed E-state index contributed by atoms with van der Waals surface area (Å²) in [7, 11) is -3.37. The summed E-state index contributed by atoms with van der Waals surface area (Å²) in [5.41, 5.74) is 2.56. The van der Waals surface area contributed by atoms with E-state index in [-0.39, 0.29) is 22.9 Å². The van der Waals surface area contributed by atoms with Gasteiger partial charge >= 0.3 is 5.97 Å². The summed E-state index contributed by atoms with van der Waals surface area (Å²) in [5.74, 6) is -1.50. The number of sulfonamides is 1. The first-order valence-corrected chi connectivity index (χ1v) is 13.1. The normalized spacial score (nSPS) is 12.8. The molecule has 0 spiro atoms. The number of hydrogen-bond donors (Lipinski definition) is 1. The molecule has 0 unspecified atom stereocenters. The molecule has 0 atom stereocenters. The van der Waals surface area contributed by atoms with Crippen molar-refractivity contribution < 1.29 is 27.5 Å². The molecule has 8 nitrogen and oxygen atoms in total. The van der Waals surface area contributed by atoms with Crippen LogP contribution in [0.15, 0.2) is 59.3 Å². The minimum absolute atomic E-state index is 0.00172. The van der Waals surface area contributed by atoms with E-state index in [2.05, 4.69) is 5.32 Å². The van der Waals surface area contributed by atoms with Crippen molar-refractivity contribution in [2.45, 2.75) is 13.3 Å². The van der Waals surface area contributed by atoms with Gasteiger partial charge in [-0.3, -0.25) is 13.9 Å². The van der Waals surface area contributed by atoms with Crippen molar-refractivity contribution >= 4 is 50.4 Å². The van der Waals surface area contributed by atoms with Crippen LogP contribution in [0.3, 0.4) is 0 Å². The highest BCUT2D eigenvalue weighted by atomic mass is 32.2. The fraction of sp³-hybridized carbons (Fsp3) is 0.208. The lowest BCUT2D eigenvalue weighted by Gasteiger charge is -2.18. The number of para-hydroxylation sites is 1. The molecule has 0 saturated carbocycles. The number of ketones is 1. The van der Waals surface area contributed by atoms with E-state index in [1.165, 1.54) is 27.8 Å². The molecule has 0 fully saturated rings. The lowest BCUT2D eigenvalue weighted by Crippen LogP contribution is -2.30. The number of Topliss-reactive ketones (excluding diaryl/α,β-unsaturated/α-hetero) is 1. The van der Waals surface area contributed by atoms with Gasteiger partial charge in [-0.2, -0.15) is 11.3 Å². The maximum Gasteiger partial charge on any atom is 0.340 e. The molecule has 0 saturated heterocycles. The van der Waals surface area contributed by atoms with Gasteiger partial charge in [-0.1, -0.05) is 12.1 Å². The Morgan fingerprint density at radius 2 is 1.88 bits per heavy atom. The molecule has 3 aromatic rings. The van der Waals surface area contributed by atoms with Gasteiger partial charge in [0, 0.05) is 17.5 Å². The number of thiophene rings is 1. The molecule has 0 aliphatic carbocycles. The summed E-state index contributed by atoms with van der Waals surface area (Å²) in [6.45, 7) is 1.44. The van der Waals surface area contributed by atoms with E-state index >= 15 is 0 Å². The monoisotopic (exact) mass is 498 g/mol. The molecular formula is C24H22N2O6S2. The summed E-state index contributed by atoms with van der Waals surface area (Å²) in [6.07, 6.45) is 0.507. The SMILES string of the molecule is CCS(=O)(=O)N1CCc2cc(C(=O)COC(=O)c3ccccc3NC(=O)c3ccsc3)ccc21. The van der Waals surface area contributed by atoms with Gasteiger partial charge in [0.05, 0.1) is 28.3 Å². The number of amides is 1. The van der Waals surface area contributed by atoms with Crippen LogP contribution in [-0.4, -0.2) is 45.0 Å². The number of carbonyl (C=O) groups is 3. The van der Waals surface area contributed by atoms with E-state index < -0.39 is 28.4 Å². The number of benzene rings is 2.